The Morgan fingerprint density at radius 2 is 2.20 bits per heavy atom. The summed E-state index contributed by atoms with van der Waals surface area (Å²) < 4.78 is 5.07. The summed E-state index contributed by atoms with van der Waals surface area (Å²) in [5, 5.41) is 5.29. The Morgan fingerprint density at radius 3 is 2.76 bits per heavy atom. The minimum absolute atomic E-state index is 0.196. The lowest BCUT2D eigenvalue weighted by molar-refractivity contribution is -0.154. The predicted octanol–water partition coefficient (Wildman–Crippen LogP) is 1.68. The van der Waals surface area contributed by atoms with Gasteiger partial charge in [0.05, 0.1) is 25.0 Å². The van der Waals surface area contributed by atoms with Gasteiger partial charge in [-0.1, -0.05) is 6.07 Å². The maximum atomic E-state index is 13.0. The van der Waals surface area contributed by atoms with Crippen LogP contribution in [0.2, 0.25) is 0 Å². The molecule has 0 bridgehead atoms. The number of thiophene rings is 1. The highest BCUT2D eigenvalue weighted by Crippen LogP contribution is 2.51. The molecule has 1 N–H and O–H groups in total. The fourth-order valence-electron chi connectivity index (χ4n) is 4.05. The normalized spacial score (nSPS) is 31.5. The monoisotopic (exact) mass is 382 g/mol. The summed E-state index contributed by atoms with van der Waals surface area (Å²) in [6, 6.07) is 3.50. The van der Waals surface area contributed by atoms with Crippen molar-refractivity contribution < 1.29 is 19.1 Å². The first-order chi connectivity index (χ1) is 12.0. The number of hydrogen-bond acceptors (Lipinski definition) is 7. The number of esters is 1. The van der Waals surface area contributed by atoms with Gasteiger partial charge in [0.2, 0.25) is 11.8 Å². The van der Waals surface area contributed by atoms with Gasteiger partial charge in [0.25, 0.3) is 0 Å². The summed E-state index contributed by atoms with van der Waals surface area (Å²) in [6.45, 7) is 2.10. The number of hydrogen-bond donors (Lipinski definition) is 1. The molecule has 6 nitrogen and oxygen atoms in total. The lowest BCUT2D eigenvalue weighted by Gasteiger charge is -2.32. The van der Waals surface area contributed by atoms with Crippen molar-refractivity contribution in [3.05, 3.63) is 22.4 Å². The Labute approximate surface area is 155 Å². The third kappa shape index (κ3) is 2.71. The Balaban J connectivity index is 2.11. The van der Waals surface area contributed by atoms with Crippen LogP contribution < -0.4 is 5.32 Å². The number of carbonyl (C=O) groups excluding carboxylic acids is 3. The molecule has 4 unspecified atom stereocenters. The largest absolute Gasteiger partial charge is 0.468 e. The van der Waals surface area contributed by atoms with E-state index < -0.39 is 23.3 Å². The van der Waals surface area contributed by atoms with Crippen molar-refractivity contribution in [2.45, 2.75) is 24.9 Å². The number of nitrogens with one attached hydrogen (secondary N) is 1. The summed E-state index contributed by atoms with van der Waals surface area (Å²) in [6.07, 6.45) is 2.40. The van der Waals surface area contributed by atoms with Gasteiger partial charge in [-0.15, -0.1) is 11.3 Å². The fourth-order valence-corrected chi connectivity index (χ4v) is 5.40. The third-order valence-corrected chi connectivity index (χ3v) is 6.73. The number of thioether (sulfide) groups is 1. The van der Waals surface area contributed by atoms with Crippen LogP contribution in [0.3, 0.4) is 0 Å². The molecule has 0 aromatic carbocycles. The van der Waals surface area contributed by atoms with Gasteiger partial charge < -0.3 is 4.74 Å². The fraction of sp³-hybridized carbons (Fsp3) is 0.588. The van der Waals surface area contributed by atoms with Crippen molar-refractivity contribution >= 4 is 40.9 Å². The number of rotatable bonds is 6. The average molecular weight is 383 g/mol. The van der Waals surface area contributed by atoms with Crippen molar-refractivity contribution in [3.63, 3.8) is 0 Å². The van der Waals surface area contributed by atoms with Gasteiger partial charge in [0.15, 0.2) is 0 Å². The van der Waals surface area contributed by atoms with E-state index in [4.69, 9.17) is 4.74 Å². The van der Waals surface area contributed by atoms with Gasteiger partial charge in [-0.2, -0.15) is 11.8 Å². The van der Waals surface area contributed by atoms with Crippen LogP contribution in [0.1, 0.15) is 24.3 Å². The van der Waals surface area contributed by atoms with Gasteiger partial charge in [-0.05, 0) is 36.8 Å². The number of ether oxygens (including phenoxy) is 1. The zero-order chi connectivity index (χ0) is 18.2. The third-order valence-electron chi connectivity index (χ3n) is 5.16. The molecule has 3 rings (SSSR count). The van der Waals surface area contributed by atoms with E-state index in [0.29, 0.717) is 18.7 Å². The first-order valence-electron chi connectivity index (χ1n) is 8.25. The van der Waals surface area contributed by atoms with Crippen LogP contribution in [-0.2, 0) is 19.1 Å². The number of carbonyl (C=O) groups is 3. The van der Waals surface area contributed by atoms with Crippen LogP contribution in [0.4, 0.5) is 0 Å². The van der Waals surface area contributed by atoms with E-state index in [1.54, 1.807) is 18.7 Å². The van der Waals surface area contributed by atoms with E-state index in [1.165, 1.54) is 23.3 Å². The zero-order valence-electron chi connectivity index (χ0n) is 14.5. The standard InChI is InChI=1S/C17H22N2O4S2/c1-4-19-14(20)11-12(15(19)21)17(7-9-24-3,16(22)23-2)18-13(11)10-6-5-8-25-10/h5-6,8,11-13,18H,4,7,9H2,1-3H3. The Kier molecular flexibility index (Phi) is 5.22. The number of fused-ring (bicyclic) bond motifs is 1. The second-order valence-electron chi connectivity index (χ2n) is 6.27. The van der Waals surface area contributed by atoms with E-state index in [-0.39, 0.29) is 17.9 Å². The molecule has 25 heavy (non-hydrogen) atoms. The highest BCUT2D eigenvalue weighted by molar-refractivity contribution is 7.98. The molecule has 4 atom stereocenters. The summed E-state index contributed by atoms with van der Waals surface area (Å²) in [7, 11) is 1.33. The molecule has 2 amide bonds. The molecule has 136 valence electrons. The van der Waals surface area contributed by atoms with Crippen molar-refractivity contribution in [3.8, 4) is 0 Å². The lowest BCUT2D eigenvalue weighted by Crippen LogP contribution is -2.56. The smallest absolute Gasteiger partial charge is 0.326 e. The molecule has 1 aromatic rings. The Morgan fingerprint density at radius 1 is 1.44 bits per heavy atom. The minimum Gasteiger partial charge on any atom is -0.468 e. The number of nitrogens with zero attached hydrogens (tertiary/aromatic N) is 1. The Hall–Kier alpha value is -1.38. The number of amides is 2. The van der Waals surface area contributed by atoms with E-state index in [9.17, 15) is 14.4 Å². The summed E-state index contributed by atoms with van der Waals surface area (Å²) >= 11 is 3.12. The SMILES string of the molecule is CCN1C(=O)C2C(c3cccs3)NC(CCSC)(C(=O)OC)C2C1=O. The van der Waals surface area contributed by atoms with Crippen molar-refractivity contribution in [2.24, 2.45) is 11.8 Å². The van der Waals surface area contributed by atoms with E-state index >= 15 is 0 Å². The van der Waals surface area contributed by atoms with Gasteiger partial charge in [-0.3, -0.25) is 24.6 Å². The van der Waals surface area contributed by atoms with Crippen LogP contribution in [-0.4, -0.2) is 53.9 Å². The van der Waals surface area contributed by atoms with Crippen LogP contribution in [0, 0.1) is 11.8 Å². The van der Waals surface area contributed by atoms with Gasteiger partial charge in [0.1, 0.15) is 5.54 Å². The highest BCUT2D eigenvalue weighted by Gasteiger charge is 2.68. The maximum absolute atomic E-state index is 13.0. The average Bonchev–Trinajstić information content (AvgIpc) is 3.30. The number of methoxy groups -OCH3 is 1. The highest BCUT2D eigenvalue weighted by atomic mass is 32.2. The first kappa shape index (κ1) is 18.4. The zero-order valence-corrected chi connectivity index (χ0v) is 16.1. The van der Waals surface area contributed by atoms with Crippen LogP contribution in [0.25, 0.3) is 0 Å². The molecular weight excluding hydrogens is 360 g/mol. The Bertz CT molecular complexity index is 678. The second-order valence-corrected chi connectivity index (χ2v) is 8.23. The molecular formula is C17H22N2O4S2. The van der Waals surface area contributed by atoms with Gasteiger partial charge in [0, 0.05) is 11.4 Å². The molecule has 2 aliphatic heterocycles. The summed E-state index contributed by atoms with van der Waals surface area (Å²) in [4.78, 5) is 40.9. The van der Waals surface area contributed by atoms with Gasteiger partial charge >= 0.3 is 5.97 Å². The molecule has 2 fully saturated rings. The first-order valence-corrected chi connectivity index (χ1v) is 10.5. The lowest BCUT2D eigenvalue weighted by atomic mass is 9.78. The van der Waals surface area contributed by atoms with E-state index in [0.717, 1.165) is 4.88 Å². The molecule has 8 heteroatoms. The van der Waals surface area contributed by atoms with Crippen LogP contribution in [0.15, 0.2) is 17.5 Å². The maximum Gasteiger partial charge on any atom is 0.326 e. The van der Waals surface area contributed by atoms with E-state index in [2.05, 4.69) is 5.32 Å². The van der Waals surface area contributed by atoms with E-state index in [1.807, 2.05) is 23.8 Å². The molecule has 3 heterocycles. The van der Waals surface area contributed by atoms with Crippen molar-refractivity contribution in [1.82, 2.24) is 10.2 Å². The van der Waals surface area contributed by atoms with Crippen molar-refractivity contribution in [2.75, 3.05) is 25.7 Å². The molecule has 2 saturated heterocycles. The molecule has 0 radical (unpaired) electrons. The molecule has 0 saturated carbocycles. The second kappa shape index (κ2) is 7.09. The van der Waals surface area contributed by atoms with Crippen LogP contribution in [0.5, 0.6) is 0 Å². The minimum atomic E-state index is -1.16. The summed E-state index contributed by atoms with van der Waals surface area (Å²) in [5.74, 6) is -1.52. The number of likely N-dealkylation sites (tertiary alicyclic amines) is 1. The molecule has 2 aliphatic rings. The van der Waals surface area contributed by atoms with Crippen LogP contribution >= 0.6 is 23.1 Å². The summed E-state index contributed by atoms with van der Waals surface area (Å²) in [5.41, 5.74) is -1.16. The van der Waals surface area contributed by atoms with Crippen molar-refractivity contribution in [1.29, 1.82) is 0 Å². The predicted molar refractivity (Wildman–Crippen MR) is 97.3 cm³/mol. The topological polar surface area (TPSA) is 75.7 Å². The quantitative estimate of drug-likeness (QED) is 0.596. The molecule has 1 aromatic heterocycles. The van der Waals surface area contributed by atoms with Gasteiger partial charge in [-0.25, -0.2) is 0 Å². The molecule has 0 spiro atoms. The number of imide groups is 1. The molecule has 0 aliphatic carbocycles.